The predicted molar refractivity (Wildman–Crippen MR) is 205 cm³/mol. The van der Waals surface area contributed by atoms with E-state index in [2.05, 4.69) is 0 Å². The number of aldehydes is 1. The van der Waals surface area contributed by atoms with Crippen molar-refractivity contribution < 1.29 is 45.8 Å². The highest BCUT2D eigenvalue weighted by Gasteiger charge is 2.30. The molecule has 1 N–H and O–H groups in total. The van der Waals surface area contributed by atoms with Crippen molar-refractivity contribution in [3.63, 3.8) is 0 Å². The van der Waals surface area contributed by atoms with Gasteiger partial charge in [-0.3, -0.25) is 9.80 Å². The molecule has 3 unspecified atom stereocenters. The van der Waals surface area contributed by atoms with Gasteiger partial charge in [0.15, 0.2) is 11.2 Å². The van der Waals surface area contributed by atoms with Gasteiger partial charge in [-0.2, -0.15) is 17.6 Å². The molecule has 1 saturated carbocycles. The number of oxazole rings is 2. The van der Waals surface area contributed by atoms with E-state index in [0.29, 0.717) is 70.0 Å². The number of alkyl halides is 4. The van der Waals surface area contributed by atoms with Crippen molar-refractivity contribution >= 4 is 28.5 Å². The smallest absolute Gasteiger partial charge is 0.387 e. The maximum atomic E-state index is 13.5. The number of fused-ring (bicyclic) bond motifs is 2. The van der Waals surface area contributed by atoms with E-state index >= 15 is 0 Å². The van der Waals surface area contributed by atoms with Crippen molar-refractivity contribution in [1.82, 2.24) is 19.8 Å². The molecule has 0 spiro atoms. The molecular weight excluding hydrogens is 744 g/mol. The zero-order valence-electron chi connectivity index (χ0n) is 31.7. The average molecular weight is 787 g/mol. The number of rotatable bonds is 13. The summed E-state index contributed by atoms with van der Waals surface area (Å²) in [6, 6.07) is 17.4. The van der Waals surface area contributed by atoms with Gasteiger partial charge in [0, 0.05) is 53.5 Å². The molecule has 1 aliphatic carbocycles. The number of aromatic nitrogens is 2. The normalized spacial score (nSPS) is 18.9. The molecule has 0 radical (unpaired) electrons. The lowest BCUT2D eigenvalue weighted by molar-refractivity contribution is -0.111. The van der Waals surface area contributed by atoms with E-state index in [4.69, 9.17) is 28.3 Å². The van der Waals surface area contributed by atoms with Gasteiger partial charge in [-0.25, -0.2) is 9.97 Å². The number of nitrogens with zero attached hydrogens (tertiary/aromatic N) is 4. The van der Waals surface area contributed by atoms with E-state index in [0.717, 1.165) is 47.8 Å². The second kappa shape index (κ2) is 15.9. The second-order valence-electron chi connectivity index (χ2n) is 14.9. The Labute approximate surface area is 326 Å². The summed E-state index contributed by atoms with van der Waals surface area (Å²) < 4.78 is 76.3. The van der Waals surface area contributed by atoms with Crippen molar-refractivity contribution in [3.8, 4) is 45.5 Å². The fourth-order valence-corrected chi connectivity index (χ4v) is 8.45. The zero-order chi connectivity index (χ0) is 40.0. The minimum atomic E-state index is -3.05. The van der Waals surface area contributed by atoms with E-state index in [1.54, 1.807) is 12.1 Å². The molecule has 4 aromatic carbocycles. The van der Waals surface area contributed by atoms with Crippen LogP contribution in [0.25, 0.3) is 56.2 Å². The Morgan fingerprint density at radius 2 is 1.35 bits per heavy atom. The number of ether oxygens (including phenoxy) is 2. The molecule has 2 aromatic heterocycles. The van der Waals surface area contributed by atoms with E-state index in [-0.39, 0.29) is 42.3 Å². The summed E-state index contributed by atoms with van der Waals surface area (Å²) >= 11 is 0. The van der Waals surface area contributed by atoms with Gasteiger partial charge in [0.05, 0.1) is 12.1 Å². The van der Waals surface area contributed by atoms with Crippen LogP contribution >= 0.6 is 0 Å². The molecule has 0 amide bonds. The van der Waals surface area contributed by atoms with Gasteiger partial charge in [-0.1, -0.05) is 24.3 Å². The van der Waals surface area contributed by atoms with Gasteiger partial charge in [0.1, 0.15) is 28.8 Å². The number of carbonyl (C=O) groups is 1. The van der Waals surface area contributed by atoms with Gasteiger partial charge < -0.3 is 28.2 Å². The minimum absolute atomic E-state index is 0.0104. The van der Waals surface area contributed by atoms with Crippen LogP contribution in [0.4, 0.5) is 17.6 Å². The molecule has 1 saturated heterocycles. The lowest BCUT2D eigenvalue weighted by Gasteiger charge is -2.27. The average Bonchev–Trinajstić information content (AvgIpc) is 3.98. The van der Waals surface area contributed by atoms with E-state index in [1.807, 2.05) is 67.1 Å². The second-order valence-corrected chi connectivity index (χ2v) is 14.9. The molecular formula is C43H42F4N4O6. The van der Waals surface area contributed by atoms with E-state index in [9.17, 15) is 27.5 Å². The molecule has 2 aliphatic rings. The molecule has 1 aliphatic heterocycles. The number of hydrogen-bond acceptors (Lipinski definition) is 10. The van der Waals surface area contributed by atoms with Crippen LogP contribution in [0, 0.1) is 13.8 Å². The zero-order valence-corrected chi connectivity index (χ0v) is 31.7. The molecule has 2 fully saturated rings. The summed E-state index contributed by atoms with van der Waals surface area (Å²) in [5.41, 5.74) is 7.39. The first-order valence-corrected chi connectivity index (χ1v) is 19.0. The lowest BCUT2D eigenvalue weighted by Crippen LogP contribution is -2.37. The van der Waals surface area contributed by atoms with Crippen LogP contribution in [0.1, 0.15) is 54.4 Å². The number of likely N-dealkylation sites (tertiary alicyclic amines) is 1. The van der Waals surface area contributed by atoms with Crippen LogP contribution in [-0.4, -0.2) is 76.2 Å². The van der Waals surface area contributed by atoms with Crippen LogP contribution in [0.15, 0.2) is 69.5 Å². The van der Waals surface area contributed by atoms with Crippen LogP contribution in [0.2, 0.25) is 0 Å². The van der Waals surface area contributed by atoms with Crippen molar-refractivity contribution in [3.05, 3.63) is 82.9 Å². The number of halogens is 4. The molecule has 298 valence electrons. The Hall–Kier alpha value is -5.31. The number of benzene rings is 4. The topological polar surface area (TPSA) is 114 Å². The Kier molecular flexibility index (Phi) is 10.8. The summed E-state index contributed by atoms with van der Waals surface area (Å²) in [4.78, 5) is 25.1. The molecule has 10 nitrogen and oxygen atoms in total. The molecule has 3 atom stereocenters. The largest absolute Gasteiger partial charge is 0.436 e. The van der Waals surface area contributed by atoms with Crippen LogP contribution in [0.3, 0.4) is 0 Å². The van der Waals surface area contributed by atoms with Gasteiger partial charge >= 0.3 is 13.2 Å². The third-order valence-corrected chi connectivity index (χ3v) is 11.4. The third-order valence-electron chi connectivity index (χ3n) is 11.4. The lowest BCUT2D eigenvalue weighted by atomic mass is 9.91. The number of likely N-dealkylation sites (N-methyl/N-ethyl adjacent to an activating group) is 1. The Morgan fingerprint density at radius 1 is 0.807 bits per heavy atom. The van der Waals surface area contributed by atoms with Crippen molar-refractivity contribution in [2.75, 3.05) is 13.6 Å². The maximum Gasteiger partial charge on any atom is 0.387 e. The number of carbonyl (C=O) groups excluding carboxylic acids is 1. The van der Waals surface area contributed by atoms with Crippen LogP contribution in [-0.2, 0) is 17.9 Å². The highest BCUT2D eigenvalue weighted by atomic mass is 19.3. The fourth-order valence-electron chi connectivity index (χ4n) is 8.45. The van der Waals surface area contributed by atoms with Crippen molar-refractivity contribution in [2.24, 2.45) is 0 Å². The molecule has 14 heteroatoms. The monoisotopic (exact) mass is 786 g/mol. The van der Waals surface area contributed by atoms with Crippen molar-refractivity contribution in [2.45, 2.75) is 90.5 Å². The maximum absolute atomic E-state index is 13.5. The quantitative estimate of drug-likeness (QED) is 0.0898. The van der Waals surface area contributed by atoms with Crippen LogP contribution < -0.4 is 9.47 Å². The molecule has 57 heavy (non-hydrogen) atoms. The Bertz CT molecular complexity index is 2430. The highest BCUT2D eigenvalue weighted by molar-refractivity contribution is 5.85. The SMILES string of the molecule is Cc1c(-c2nc3cc(CN(C)C4CCCC4O)c(OC(F)F)cc3o2)cccc1-c1cccc(-c2nc3cc(CN4CCCC4C=O)c(OC(F)F)cc3o2)c1C. The Morgan fingerprint density at radius 3 is 1.88 bits per heavy atom. The number of aliphatic hydroxyl groups is 1. The first kappa shape index (κ1) is 38.6. The first-order valence-electron chi connectivity index (χ1n) is 19.0. The van der Waals surface area contributed by atoms with E-state index in [1.165, 1.54) is 12.1 Å². The van der Waals surface area contributed by atoms with Gasteiger partial charge in [0.2, 0.25) is 11.8 Å². The molecule has 8 rings (SSSR count). The first-order chi connectivity index (χ1) is 27.5. The Balaban J connectivity index is 1.12. The molecule has 3 heterocycles. The summed E-state index contributed by atoms with van der Waals surface area (Å²) in [5.74, 6) is 0.570. The summed E-state index contributed by atoms with van der Waals surface area (Å²) in [6.45, 7) is -0.990. The molecule has 6 aromatic rings. The van der Waals surface area contributed by atoms with Crippen LogP contribution in [0.5, 0.6) is 11.5 Å². The highest BCUT2D eigenvalue weighted by Crippen LogP contribution is 2.40. The summed E-state index contributed by atoms with van der Waals surface area (Å²) in [6.07, 6.45) is 4.37. The predicted octanol–water partition coefficient (Wildman–Crippen LogP) is 9.30. The van der Waals surface area contributed by atoms with Gasteiger partial charge in [0.25, 0.3) is 0 Å². The third kappa shape index (κ3) is 7.73. The fraction of sp³-hybridized carbons (Fsp3) is 0.372. The minimum Gasteiger partial charge on any atom is -0.436 e. The summed E-state index contributed by atoms with van der Waals surface area (Å²) in [5, 5.41) is 10.4. The van der Waals surface area contributed by atoms with Gasteiger partial charge in [-0.15, -0.1) is 0 Å². The molecule has 0 bridgehead atoms. The standard InChI is InChI=1S/C43H42F4N4O6/c1-23-28(9-4-11-30(23)40-48-32-16-25(20-50(3)34-13-6-14-35(34)53)36(56-42(44)45)18-38(32)54-40)29-10-5-12-31(24(29)2)41-49-33-17-26(21-51-15-7-8-27(51)22-52)37(57-43(46)47)19-39(33)55-41/h4-5,9-12,16-19,22,27,34-35,42-43,53H,6-8,13-15,20-21H2,1-3H3. The van der Waals surface area contributed by atoms with Gasteiger partial charge in [-0.05, 0) is 106 Å². The van der Waals surface area contributed by atoms with E-state index < -0.39 is 19.3 Å². The number of hydrogen-bond donors (Lipinski definition) is 1. The van der Waals surface area contributed by atoms with Crippen molar-refractivity contribution in [1.29, 1.82) is 0 Å². The number of aliphatic hydroxyl groups excluding tert-OH is 1. The summed E-state index contributed by atoms with van der Waals surface area (Å²) in [7, 11) is 1.86.